The van der Waals surface area contributed by atoms with Crippen LogP contribution in [0.3, 0.4) is 0 Å². The number of nitrogens with zero attached hydrogens (tertiary/aromatic N) is 2. The average Bonchev–Trinajstić information content (AvgIpc) is 2.82. The zero-order valence-corrected chi connectivity index (χ0v) is 9.30. The molecule has 4 atom stereocenters. The number of rotatable bonds is 3. The van der Waals surface area contributed by atoms with Crippen LogP contribution in [0.1, 0.15) is 16.7 Å². The van der Waals surface area contributed by atoms with Crippen LogP contribution in [0.15, 0.2) is 6.33 Å². The Bertz CT molecular complexity index is 462. The van der Waals surface area contributed by atoms with Gasteiger partial charge >= 0.3 is 0 Å². The van der Waals surface area contributed by atoms with Crippen LogP contribution in [0.4, 0.5) is 5.82 Å². The molecule has 1 aliphatic heterocycles. The normalized spacial score (nSPS) is 31.7. The van der Waals surface area contributed by atoms with Gasteiger partial charge in [-0.3, -0.25) is 9.36 Å². The van der Waals surface area contributed by atoms with Crippen molar-refractivity contribution in [2.75, 3.05) is 12.3 Å². The maximum atomic E-state index is 11.2. The lowest BCUT2D eigenvalue weighted by atomic mass is 10.1. The summed E-state index contributed by atoms with van der Waals surface area (Å²) in [5.74, 6) is -0.928. The number of aromatic nitrogens is 2. The Labute approximate surface area is 102 Å². The monoisotopic (exact) mass is 258 g/mol. The van der Waals surface area contributed by atoms with E-state index in [-0.39, 0.29) is 11.5 Å². The molecule has 1 aliphatic rings. The maximum absolute atomic E-state index is 11.2. The van der Waals surface area contributed by atoms with Crippen molar-refractivity contribution in [3.63, 3.8) is 0 Å². The highest BCUT2D eigenvalue weighted by atomic mass is 16.6. The molecule has 2 rings (SSSR count). The molecule has 0 saturated carbocycles. The molecule has 9 nitrogen and oxygen atoms in total. The standard InChI is InChI=1S/C9H14N4O5/c10-7-4(8(11)17)13(2-12-7)9-6(16)5(15)3(1-14)18-9/h2-3,5-6,9,14-16H,1,10H2,(H2,11,17)/t3-,5+,6-,9-/m0/s1. The molecule has 1 amide bonds. The third kappa shape index (κ3) is 1.82. The molecule has 1 fully saturated rings. The summed E-state index contributed by atoms with van der Waals surface area (Å²) in [6.07, 6.45) is -3.45. The predicted octanol–water partition coefficient (Wildman–Crippen LogP) is -2.82. The van der Waals surface area contributed by atoms with E-state index in [1.807, 2.05) is 0 Å². The third-order valence-electron chi connectivity index (χ3n) is 2.85. The molecule has 2 heterocycles. The van der Waals surface area contributed by atoms with Crippen LogP contribution < -0.4 is 11.5 Å². The molecule has 9 heteroatoms. The number of hydrogen-bond acceptors (Lipinski definition) is 7. The highest BCUT2D eigenvalue weighted by Gasteiger charge is 2.44. The van der Waals surface area contributed by atoms with Crippen molar-refractivity contribution in [2.45, 2.75) is 24.5 Å². The molecule has 100 valence electrons. The molecule has 0 bridgehead atoms. The summed E-state index contributed by atoms with van der Waals surface area (Å²) in [7, 11) is 0. The van der Waals surface area contributed by atoms with Crippen LogP contribution in [0, 0.1) is 0 Å². The summed E-state index contributed by atoms with van der Waals surface area (Å²) in [5.41, 5.74) is 10.5. The van der Waals surface area contributed by atoms with Crippen molar-refractivity contribution < 1.29 is 24.9 Å². The van der Waals surface area contributed by atoms with Gasteiger partial charge in [-0.25, -0.2) is 4.98 Å². The Balaban J connectivity index is 2.36. The zero-order chi connectivity index (χ0) is 13.4. The summed E-state index contributed by atoms with van der Waals surface area (Å²) in [6.45, 7) is -0.467. The highest BCUT2D eigenvalue weighted by Crippen LogP contribution is 2.31. The second-order valence-corrected chi connectivity index (χ2v) is 3.98. The number of aliphatic hydroxyl groups is 3. The summed E-state index contributed by atoms with van der Waals surface area (Å²) in [6, 6.07) is 0. The molecule has 0 aliphatic carbocycles. The van der Waals surface area contributed by atoms with E-state index in [9.17, 15) is 15.0 Å². The van der Waals surface area contributed by atoms with Gasteiger partial charge in [-0.2, -0.15) is 0 Å². The van der Waals surface area contributed by atoms with Crippen molar-refractivity contribution in [1.29, 1.82) is 0 Å². The molecule has 1 saturated heterocycles. The Kier molecular flexibility index (Phi) is 3.22. The number of nitrogen functional groups attached to an aromatic ring is 1. The topological polar surface area (TPSA) is 157 Å². The summed E-state index contributed by atoms with van der Waals surface area (Å²) in [5, 5.41) is 28.4. The van der Waals surface area contributed by atoms with Crippen molar-refractivity contribution >= 4 is 11.7 Å². The predicted molar refractivity (Wildman–Crippen MR) is 58.2 cm³/mol. The summed E-state index contributed by atoms with van der Waals surface area (Å²) < 4.78 is 6.38. The van der Waals surface area contributed by atoms with Gasteiger partial charge in [0.15, 0.2) is 17.7 Å². The molecule has 0 spiro atoms. The first-order valence-electron chi connectivity index (χ1n) is 5.22. The van der Waals surface area contributed by atoms with Crippen molar-refractivity contribution in [3.05, 3.63) is 12.0 Å². The van der Waals surface area contributed by atoms with Gasteiger partial charge in [0.25, 0.3) is 5.91 Å². The first-order valence-corrected chi connectivity index (χ1v) is 5.22. The lowest BCUT2D eigenvalue weighted by Crippen LogP contribution is -2.33. The number of ether oxygens (including phenoxy) is 1. The van der Waals surface area contributed by atoms with E-state index in [0.29, 0.717) is 0 Å². The van der Waals surface area contributed by atoms with Crippen LogP contribution in [-0.4, -0.2) is 55.7 Å². The lowest BCUT2D eigenvalue weighted by molar-refractivity contribution is -0.0534. The van der Waals surface area contributed by atoms with E-state index in [1.165, 1.54) is 6.33 Å². The second kappa shape index (κ2) is 4.53. The van der Waals surface area contributed by atoms with Crippen LogP contribution in [-0.2, 0) is 4.74 Å². The van der Waals surface area contributed by atoms with E-state index in [4.69, 9.17) is 21.3 Å². The van der Waals surface area contributed by atoms with Crippen LogP contribution in [0.25, 0.3) is 0 Å². The number of primary amides is 1. The number of hydrogen-bond donors (Lipinski definition) is 5. The summed E-state index contributed by atoms with van der Waals surface area (Å²) in [4.78, 5) is 14.9. The fraction of sp³-hybridized carbons (Fsp3) is 0.556. The molecule has 7 N–H and O–H groups in total. The number of anilines is 1. The number of carbonyl (C=O) groups excluding carboxylic acids is 1. The van der Waals surface area contributed by atoms with E-state index < -0.39 is 37.1 Å². The number of aliphatic hydroxyl groups excluding tert-OH is 3. The minimum Gasteiger partial charge on any atom is -0.394 e. The van der Waals surface area contributed by atoms with Gasteiger partial charge in [-0.15, -0.1) is 0 Å². The van der Waals surface area contributed by atoms with Crippen LogP contribution in [0.5, 0.6) is 0 Å². The maximum Gasteiger partial charge on any atom is 0.269 e. The highest BCUT2D eigenvalue weighted by molar-refractivity contribution is 5.95. The Morgan fingerprint density at radius 3 is 2.67 bits per heavy atom. The fourth-order valence-corrected chi connectivity index (χ4v) is 1.93. The number of nitrogens with two attached hydrogens (primary N) is 2. The zero-order valence-electron chi connectivity index (χ0n) is 9.30. The van der Waals surface area contributed by atoms with E-state index in [2.05, 4.69) is 4.98 Å². The van der Waals surface area contributed by atoms with Crippen molar-refractivity contribution in [1.82, 2.24) is 9.55 Å². The minimum atomic E-state index is -1.33. The van der Waals surface area contributed by atoms with Gasteiger partial charge in [-0.05, 0) is 0 Å². The molecular weight excluding hydrogens is 244 g/mol. The van der Waals surface area contributed by atoms with Gasteiger partial charge in [-0.1, -0.05) is 0 Å². The van der Waals surface area contributed by atoms with Crippen LogP contribution in [0.2, 0.25) is 0 Å². The van der Waals surface area contributed by atoms with E-state index >= 15 is 0 Å². The molecule has 0 unspecified atom stereocenters. The molecule has 18 heavy (non-hydrogen) atoms. The van der Waals surface area contributed by atoms with E-state index in [1.54, 1.807) is 0 Å². The second-order valence-electron chi connectivity index (χ2n) is 3.98. The van der Waals surface area contributed by atoms with Gasteiger partial charge in [0.05, 0.1) is 12.9 Å². The van der Waals surface area contributed by atoms with Gasteiger partial charge in [0.2, 0.25) is 0 Å². The smallest absolute Gasteiger partial charge is 0.269 e. The molecule has 0 radical (unpaired) electrons. The largest absolute Gasteiger partial charge is 0.394 e. The van der Waals surface area contributed by atoms with Crippen molar-refractivity contribution in [2.24, 2.45) is 5.73 Å². The van der Waals surface area contributed by atoms with Crippen LogP contribution >= 0.6 is 0 Å². The molecule has 1 aromatic rings. The lowest BCUT2D eigenvalue weighted by Gasteiger charge is -2.17. The molecular formula is C9H14N4O5. The van der Waals surface area contributed by atoms with Gasteiger partial charge < -0.3 is 31.5 Å². The number of imidazole rings is 1. The first kappa shape index (κ1) is 12.8. The first-order chi connectivity index (χ1) is 8.47. The van der Waals surface area contributed by atoms with E-state index in [0.717, 1.165) is 4.57 Å². The Morgan fingerprint density at radius 1 is 1.50 bits per heavy atom. The molecule has 1 aromatic heterocycles. The number of carbonyl (C=O) groups is 1. The third-order valence-corrected chi connectivity index (χ3v) is 2.85. The fourth-order valence-electron chi connectivity index (χ4n) is 1.93. The minimum absolute atomic E-state index is 0.0970. The average molecular weight is 258 g/mol. The van der Waals surface area contributed by atoms with Gasteiger partial charge in [0, 0.05) is 0 Å². The van der Waals surface area contributed by atoms with Gasteiger partial charge in [0.1, 0.15) is 18.3 Å². The quantitative estimate of drug-likeness (QED) is 0.391. The Hall–Kier alpha value is -1.68. The Morgan fingerprint density at radius 2 is 2.17 bits per heavy atom. The summed E-state index contributed by atoms with van der Waals surface area (Å²) >= 11 is 0. The number of amides is 1. The molecule has 0 aromatic carbocycles. The van der Waals surface area contributed by atoms with Crippen molar-refractivity contribution in [3.8, 4) is 0 Å². The SMILES string of the molecule is NC(=O)c1c(N)ncn1[C@H]1O[C@@H](CO)[C@@H](O)[C@@H]1O.